The highest BCUT2D eigenvalue weighted by atomic mass is 19.4. The average Bonchev–Trinajstić information content (AvgIpc) is 2.32. The zero-order valence-corrected chi connectivity index (χ0v) is 5.44. The van der Waals surface area contributed by atoms with Gasteiger partial charge >= 0.3 is 11.9 Å². The minimum Gasteiger partial charge on any atom is -0.416 e. The number of nitrogens with one attached hydrogen (secondary N) is 1. The van der Waals surface area contributed by atoms with E-state index in [1.54, 1.807) is 4.98 Å². The van der Waals surface area contributed by atoms with E-state index in [0.717, 1.165) is 0 Å². The molecule has 0 amide bonds. The van der Waals surface area contributed by atoms with Gasteiger partial charge in [-0.25, -0.2) is 4.79 Å². The van der Waals surface area contributed by atoms with Crippen LogP contribution in [0.1, 0.15) is 10.5 Å². The first-order chi connectivity index (χ1) is 5.41. The molecule has 0 saturated heterocycles. The van der Waals surface area contributed by atoms with E-state index in [9.17, 15) is 22.8 Å². The van der Waals surface area contributed by atoms with Gasteiger partial charge in [0.25, 0.3) is 5.78 Å². The van der Waals surface area contributed by atoms with Crippen LogP contribution in [0.4, 0.5) is 13.2 Å². The second-order valence-corrected chi connectivity index (χ2v) is 1.89. The lowest BCUT2D eigenvalue weighted by molar-refractivity contribution is -0.0888. The first-order valence-corrected chi connectivity index (χ1v) is 2.70. The molecule has 0 spiro atoms. The van der Waals surface area contributed by atoms with E-state index < -0.39 is 23.4 Å². The lowest BCUT2D eigenvalue weighted by atomic mass is 10.3. The third kappa shape index (κ3) is 1.55. The number of rotatable bonds is 1. The molecule has 0 aromatic carbocycles. The molecule has 0 aliphatic heterocycles. The van der Waals surface area contributed by atoms with Gasteiger partial charge < -0.3 is 4.42 Å². The summed E-state index contributed by atoms with van der Waals surface area (Å²) in [5, 5.41) is 0. The number of H-pyrrole nitrogens is 1. The van der Waals surface area contributed by atoms with Gasteiger partial charge in [-0.15, -0.1) is 0 Å². The van der Waals surface area contributed by atoms with Crippen LogP contribution in [-0.4, -0.2) is 16.9 Å². The predicted octanol–water partition coefficient (Wildman–Crippen LogP) is 0.713. The topological polar surface area (TPSA) is 63.1 Å². The number of carbonyl (C=O) groups excluding carboxylic acids is 1. The Morgan fingerprint density at radius 1 is 1.50 bits per heavy atom. The molecule has 1 heterocycles. The smallest absolute Gasteiger partial charge is 0.416 e. The number of carbonyl (C=O) groups is 1. The number of hydrogen-bond acceptors (Lipinski definition) is 3. The largest absolute Gasteiger partial charge is 0.456 e. The summed E-state index contributed by atoms with van der Waals surface area (Å²) in [6.45, 7) is 0. The molecule has 7 heteroatoms. The van der Waals surface area contributed by atoms with Crippen molar-refractivity contribution in [3.05, 3.63) is 22.5 Å². The van der Waals surface area contributed by atoms with Crippen LogP contribution in [0.15, 0.2) is 15.5 Å². The van der Waals surface area contributed by atoms with Crippen molar-refractivity contribution in [1.29, 1.82) is 0 Å². The van der Waals surface area contributed by atoms with Crippen molar-refractivity contribution in [3.8, 4) is 0 Å². The van der Waals surface area contributed by atoms with Crippen LogP contribution in [0.2, 0.25) is 0 Å². The van der Waals surface area contributed by atoms with Gasteiger partial charge in [-0.3, -0.25) is 9.78 Å². The highest BCUT2D eigenvalue weighted by Gasteiger charge is 2.40. The third-order valence-electron chi connectivity index (χ3n) is 1.02. The molecular formula is C5H2F3NO3. The number of aromatic nitrogens is 1. The zero-order valence-electron chi connectivity index (χ0n) is 5.44. The van der Waals surface area contributed by atoms with Crippen molar-refractivity contribution in [2.45, 2.75) is 6.18 Å². The van der Waals surface area contributed by atoms with E-state index in [0.29, 0.717) is 6.26 Å². The normalized spacial score (nSPS) is 11.6. The molecule has 66 valence electrons. The van der Waals surface area contributed by atoms with E-state index in [-0.39, 0.29) is 0 Å². The second kappa shape index (κ2) is 2.50. The summed E-state index contributed by atoms with van der Waals surface area (Å²) in [5.74, 6) is -3.23. The maximum atomic E-state index is 11.6. The average molecular weight is 181 g/mol. The van der Waals surface area contributed by atoms with Crippen molar-refractivity contribution in [2.24, 2.45) is 0 Å². The number of alkyl halides is 3. The Morgan fingerprint density at radius 3 is 2.42 bits per heavy atom. The van der Waals surface area contributed by atoms with E-state index in [2.05, 4.69) is 4.42 Å². The van der Waals surface area contributed by atoms with E-state index >= 15 is 0 Å². The minimum atomic E-state index is -4.99. The highest BCUT2D eigenvalue weighted by molar-refractivity contribution is 5.98. The molecular weight excluding hydrogens is 179 g/mol. The molecule has 0 saturated carbocycles. The van der Waals surface area contributed by atoms with Crippen LogP contribution in [0.25, 0.3) is 0 Å². The Balaban J connectivity index is 3.01. The molecule has 1 rings (SSSR count). The quantitative estimate of drug-likeness (QED) is 0.649. The number of oxazole rings is 1. The van der Waals surface area contributed by atoms with E-state index in [1.165, 1.54) is 0 Å². The van der Waals surface area contributed by atoms with Gasteiger partial charge in [-0.05, 0) is 0 Å². The molecule has 1 N–H and O–H groups in total. The van der Waals surface area contributed by atoms with Crippen molar-refractivity contribution < 1.29 is 22.4 Å². The van der Waals surface area contributed by atoms with Gasteiger partial charge in [0, 0.05) is 0 Å². The summed E-state index contributed by atoms with van der Waals surface area (Å²) in [5.41, 5.74) is -0.896. The van der Waals surface area contributed by atoms with Gasteiger partial charge in [0.15, 0.2) is 0 Å². The van der Waals surface area contributed by atoms with Crippen LogP contribution >= 0.6 is 0 Å². The molecule has 0 aliphatic carbocycles. The highest BCUT2D eigenvalue weighted by Crippen LogP contribution is 2.19. The van der Waals surface area contributed by atoms with E-state index in [4.69, 9.17) is 0 Å². The molecule has 1 aromatic heterocycles. The second-order valence-electron chi connectivity index (χ2n) is 1.89. The predicted molar refractivity (Wildman–Crippen MR) is 29.7 cm³/mol. The van der Waals surface area contributed by atoms with Crippen LogP contribution < -0.4 is 5.76 Å². The van der Waals surface area contributed by atoms with Crippen LogP contribution in [0.5, 0.6) is 0 Å². The molecule has 0 radical (unpaired) electrons. The van der Waals surface area contributed by atoms with E-state index in [1.807, 2.05) is 0 Å². The summed E-state index contributed by atoms with van der Waals surface area (Å²) in [6.07, 6.45) is -4.56. The summed E-state index contributed by atoms with van der Waals surface area (Å²) < 4.78 is 38.8. The fourth-order valence-corrected chi connectivity index (χ4v) is 0.544. The zero-order chi connectivity index (χ0) is 9.35. The number of aromatic amines is 1. The van der Waals surface area contributed by atoms with Gasteiger partial charge in [0.2, 0.25) is 0 Å². The summed E-state index contributed by atoms with van der Waals surface area (Å²) in [6, 6.07) is 0. The van der Waals surface area contributed by atoms with Crippen LogP contribution in [-0.2, 0) is 0 Å². The molecule has 0 atom stereocenters. The van der Waals surface area contributed by atoms with Gasteiger partial charge in [0.05, 0.1) is 0 Å². The maximum absolute atomic E-state index is 11.6. The van der Waals surface area contributed by atoms with Crippen molar-refractivity contribution >= 4 is 5.78 Å². The molecule has 4 nitrogen and oxygen atoms in total. The molecule has 12 heavy (non-hydrogen) atoms. The molecule has 0 fully saturated rings. The monoisotopic (exact) mass is 181 g/mol. The number of halogens is 3. The molecule has 0 unspecified atom stereocenters. The Hall–Kier alpha value is -1.53. The van der Waals surface area contributed by atoms with Crippen LogP contribution in [0, 0.1) is 0 Å². The SMILES string of the molecule is O=C(c1coc(=O)[nH]1)C(F)(F)F. The Labute approximate surface area is 63.0 Å². The number of hydrogen-bond donors (Lipinski definition) is 1. The molecule has 1 aromatic rings. The Kier molecular flexibility index (Phi) is 1.79. The molecule has 0 bridgehead atoms. The Bertz CT molecular complexity index is 347. The first kappa shape index (κ1) is 8.57. The lowest BCUT2D eigenvalue weighted by Crippen LogP contribution is -2.23. The minimum absolute atomic E-state index is 0.429. The third-order valence-corrected chi connectivity index (χ3v) is 1.02. The summed E-state index contributed by atoms with van der Waals surface area (Å²) in [7, 11) is 0. The number of Topliss-reactive ketones (excluding diaryl/α,β-unsaturated/α-hetero) is 1. The lowest BCUT2D eigenvalue weighted by Gasteiger charge is -1.99. The van der Waals surface area contributed by atoms with Gasteiger partial charge in [-0.2, -0.15) is 13.2 Å². The standard InChI is InChI=1S/C5H2F3NO3/c6-5(7,8)3(10)2-1-12-4(11)9-2/h1H,(H,9,11). The van der Waals surface area contributed by atoms with Gasteiger partial charge in [-0.1, -0.05) is 0 Å². The maximum Gasteiger partial charge on any atom is 0.456 e. The first-order valence-electron chi connectivity index (χ1n) is 2.70. The van der Waals surface area contributed by atoms with Crippen molar-refractivity contribution in [1.82, 2.24) is 4.98 Å². The summed E-state index contributed by atoms with van der Waals surface area (Å²) in [4.78, 5) is 22.1. The van der Waals surface area contributed by atoms with Crippen molar-refractivity contribution in [2.75, 3.05) is 0 Å². The van der Waals surface area contributed by atoms with Crippen LogP contribution in [0.3, 0.4) is 0 Å². The fraction of sp³-hybridized carbons (Fsp3) is 0.200. The number of ketones is 1. The van der Waals surface area contributed by atoms with Crippen molar-refractivity contribution in [3.63, 3.8) is 0 Å². The summed E-state index contributed by atoms with van der Waals surface area (Å²) >= 11 is 0. The molecule has 0 aliphatic rings. The fourth-order valence-electron chi connectivity index (χ4n) is 0.544. The Morgan fingerprint density at radius 2 is 2.08 bits per heavy atom. The van der Waals surface area contributed by atoms with Gasteiger partial charge in [0.1, 0.15) is 12.0 Å².